The summed E-state index contributed by atoms with van der Waals surface area (Å²) < 4.78 is 29.7. The van der Waals surface area contributed by atoms with Crippen LogP contribution in [0.2, 0.25) is 0 Å². The van der Waals surface area contributed by atoms with Gasteiger partial charge in [0.25, 0.3) is 0 Å². The number of carbonyl (C=O) groups is 1. The summed E-state index contributed by atoms with van der Waals surface area (Å²) in [7, 11) is -3.29. The molecule has 0 aliphatic carbocycles. The summed E-state index contributed by atoms with van der Waals surface area (Å²) in [5.41, 5.74) is 0.948. The quantitative estimate of drug-likeness (QED) is 0.725. The van der Waals surface area contributed by atoms with Crippen LogP contribution < -0.4 is 0 Å². The zero-order chi connectivity index (χ0) is 16.2. The first-order valence-electron chi connectivity index (χ1n) is 5.65. The standard InChI is InChI=1S/C12H10O3.CH4O4S/c1-7-8-3-2-4-11(13)10(8)6-5-9(7)12(14)15;1-5-6(2,3)4/h2-6,13H,1H3,(H,14,15);1H3,(H,2,3,4). The fraction of sp³-hybridized carbons (Fsp3) is 0.154. The Morgan fingerprint density at radius 1 is 1.14 bits per heavy atom. The van der Waals surface area contributed by atoms with Crippen molar-refractivity contribution in [2.75, 3.05) is 7.11 Å². The van der Waals surface area contributed by atoms with E-state index in [4.69, 9.17) is 9.66 Å². The lowest BCUT2D eigenvalue weighted by atomic mass is 10.00. The number of hydrogen-bond acceptors (Lipinski definition) is 5. The van der Waals surface area contributed by atoms with Gasteiger partial charge in [0, 0.05) is 5.39 Å². The molecule has 21 heavy (non-hydrogen) atoms. The first-order chi connectivity index (χ1) is 9.67. The third kappa shape index (κ3) is 4.42. The lowest BCUT2D eigenvalue weighted by Gasteiger charge is -2.06. The van der Waals surface area contributed by atoms with E-state index in [-0.39, 0.29) is 11.3 Å². The molecular weight excluding hydrogens is 300 g/mol. The summed E-state index contributed by atoms with van der Waals surface area (Å²) >= 11 is 0. The van der Waals surface area contributed by atoms with Crippen molar-refractivity contribution in [3.8, 4) is 5.75 Å². The van der Waals surface area contributed by atoms with Crippen LogP contribution in [-0.2, 0) is 14.6 Å². The van der Waals surface area contributed by atoms with Gasteiger partial charge < -0.3 is 10.2 Å². The van der Waals surface area contributed by atoms with E-state index in [9.17, 15) is 18.3 Å². The van der Waals surface area contributed by atoms with Gasteiger partial charge in [-0.15, -0.1) is 0 Å². The summed E-state index contributed by atoms with van der Waals surface area (Å²) in [5, 5.41) is 20.0. The monoisotopic (exact) mass is 314 g/mol. The zero-order valence-electron chi connectivity index (χ0n) is 11.3. The second-order valence-electron chi connectivity index (χ2n) is 4.01. The van der Waals surface area contributed by atoms with Gasteiger partial charge in [-0.3, -0.25) is 8.74 Å². The van der Waals surface area contributed by atoms with Crippen molar-refractivity contribution in [2.45, 2.75) is 6.92 Å². The van der Waals surface area contributed by atoms with Crippen LogP contribution in [-0.4, -0.2) is 36.3 Å². The molecule has 0 radical (unpaired) electrons. The van der Waals surface area contributed by atoms with Crippen LogP contribution in [0.15, 0.2) is 30.3 Å². The van der Waals surface area contributed by atoms with E-state index in [1.54, 1.807) is 31.2 Å². The Balaban J connectivity index is 0.000000315. The minimum absolute atomic E-state index is 0.174. The maximum atomic E-state index is 10.9. The normalized spacial score (nSPS) is 10.8. The highest BCUT2D eigenvalue weighted by molar-refractivity contribution is 7.80. The molecule has 0 saturated carbocycles. The number of phenols is 1. The van der Waals surface area contributed by atoms with Crippen LogP contribution in [0, 0.1) is 6.92 Å². The summed E-state index contributed by atoms with van der Waals surface area (Å²) in [5.74, 6) is -0.773. The van der Waals surface area contributed by atoms with E-state index in [1.165, 1.54) is 6.07 Å². The second kappa shape index (κ2) is 6.53. The lowest BCUT2D eigenvalue weighted by molar-refractivity contribution is 0.0696. The Hall–Kier alpha value is -2.16. The number of carboxylic acid groups (broad SMARTS) is 1. The number of rotatable bonds is 2. The number of aromatic carboxylic acids is 1. The topological polar surface area (TPSA) is 121 Å². The minimum Gasteiger partial charge on any atom is -0.507 e. The molecule has 0 saturated heterocycles. The third-order valence-electron chi connectivity index (χ3n) is 2.75. The van der Waals surface area contributed by atoms with Crippen molar-refractivity contribution in [3.63, 3.8) is 0 Å². The Morgan fingerprint density at radius 3 is 2.19 bits per heavy atom. The van der Waals surface area contributed by atoms with Crippen molar-refractivity contribution in [2.24, 2.45) is 0 Å². The van der Waals surface area contributed by atoms with Crippen molar-refractivity contribution in [3.05, 3.63) is 41.5 Å². The summed E-state index contributed by atoms with van der Waals surface area (Å²) in [6.07, 6.45) is 0. The van der Waals surface area contributed by atoms with Gasteiger partial charge in [-0.2, -0.15) is 8.42 Å². The van der Waals surface area contributed by atoms with E-state index in [0.29, 0.717) is 10.9 Å². The molecule has 0 amide bonds. The summed E-state index contributed by atoms with van der Waals surface area (Å²) in [4.78, 5) is 10.9. The van der Waals surface area contributed by atoms with Gasteiger partial charge in [-0.05, 0) is 36.1 Å². The van der Waals surface area contributed by atoms with Crippen LogP contribution in [0.3, 0.4) is 0 Å². The fourth-order valence-electron chi connectivity index (χ4n) is 1.72. The van der Waals surface area contributed by atoms with Crippen LogP contribution >= 0.6 is 0 Å². The van der Waals surface area contributed by atoms with Crippen LogP contribution in [0.25, 0.3) is 10.8 Å². The average molecular weight is 314 g/mol. The number of benzene rings is 2. The Labute approximate surface area is 121 Å². The van der Waals surface area contributed by atoms with Crippen molar-refractivity contribution in [1.82, 2.24) is 0 Å². The molecule has 0 fully saturated rings. The molecule has 2 aromatic carbocycles. The van der Waals surface area contributed by atoms with Gasteiger partial charge in [0.05, 0.1) is 12.7 Å². The molecule has 114 valence electrons. The van der Waals surface area contributed by atoms with Crippen LogP contribution in [0.4, 0.5) is 0 Å². The van der Waals surface area contributed by atoms with E-state index in [0.717, 1.165) is 12.5 Å². The molecular formula is C13H14O7S. The van der Waals surface area contributed by atoms with Gasteiger partial charge in [0.2, 0.25) is 0 Å². The first kappa shape index (κ1) is 16.9. The number of aromatic hydroxyl groups is 1. The Bertz CT molecular complexity index is 765. The van der Waals surface area contributed by atoms with Gasteiger partial charge in [0.15, 0.2) is 0 Å². The van der Waals surface area contributed by atoms with E-state index >= 15 is 0 Å². The fourth-order valence-corrected chi connectivity index (χ4v) is 1.72. The molecule has 0 heterocycles. The van der Waals surface area contributed by atoms with Crippen LogP contribution in [0.1, 0.15) is 15.9 Å². The molecule has 2 aromatic rings. The van der Waals surface area contributed by atoms with E-state index in [2.05, 4.69) is 4.18 Å². The maximum Gasteiger partial charge on any atom is 0.397 e. The van der Waals surface area contributed by atoms with Gasteiger partial charge in [0.1, 0.15) is 5.75 Å². The largest absolute Gasteiger partial charge is 0.507 e. The predicted molar refractivity (Wildman–Crippen MR) is 75.9 cm³/mol. The number of aryl methyl sites for hydroxylation is 1. The van der Waals surface area contributed by atoms with Crippen molar-refractivity contribution < 1.29 is 32.2 Å². The molecule has 0 aromatic heterocycles. The molecule has 0 atom stereocenters. The maximum absolute atomic E-state index is 10.9. The Morgan fingerprint density at radius 2 is 1.71 bits per heavy atom. The summed E-state index contributed by atoms with van der Waals surface area (Å²) in [6.45, 7) is 1.74. The van der Waals surface area contributed by atoms with Crippen molar-refractivity contribution >= 4 is 27.1 Å². The van der Waals surface area contributed by atoms with E-state index in [1.807, 2.05) is 0 Å². The highest BCUT2D eigenvalue weighted by Gasteiger charge is 2.10. The highest BCUT2D eigenvalue weighted by atomic mass is 32.3. The first-order valence-corrected chi connectivity index (χ1v) is 7.01. The Kier molecular flexibility index (Phi) is 5.25. The van der Waals surface area contributed by atoms with Gasteiger partial charge in [-0.25, -0.2) is 4.79 Å². The molecule has 0 unspecified atom stereocenters. The van der Waals surface area contributed by atoms with E-state index < -0.39 is 16.4 Å². The zero-order valence-corrected chi connectivity index (χ0v) is 12.1. The molecule has 0 bridgehead atoms. The molecule has 0 aliphatic heterocycles. The number of carboxylic acids is 1. The number of hydrogen-bond donors (Lipinski definition) is 3. The SMILES string of the molecule is COS(=O)(=O)O.Cc1c(C(=O)O)ccc2c(O)cccc12. The van der Waals surface area contributed by atoms with Gasteiger partial charge >= 0.3 is 16.4 Å². The molecule has 0 spiro atoms. The molecule has 8 heteroatoms. The molecule has 3 N–H and O–H groups in total. The number of fused-ring (bicyclic) bond motifs is 1. The predicted octanol–water partition coefficient (Wildman–Crippen LogP) is 1.99. The lowest BCUT2D eigenvalue weighted by Crippen LogP contribution is -1.99. The summed E-state index contributed by atoms with van der Waals surface area (Å²) in [6, 6.07) is 8.23. The molecule has 7 nitrogen and oxygen atoms in total. The molecule has 0 aliphatic rings. The third-order valence-corrected chi connectivity index (χ3v) is 3.17. The average Bonchev–Trinajstić information content (AvgIpc) is 2.39. The molecule has 2 rings (SSSR count). The minimum atomic E-state index is -4.16. The smallest absolute Gasteiger partial charge is 0.397 e. The van der Waals surface area contributed by atoms with Crippen LogP contribution in [0.5, 0.6) is 5.75 Å². The van der Waals surface area contributed by atoms with Crippen molar-refractivity contribution in [1.29, 1.82) is 0 Å². The highest BCUT2D eigenvalue weighted by Crippen LogP contribution is 2.28. The number of phenolic OH excluding ortho intramolecular Hbond substituents is 1. The second-order valence-corrected chi connectivity index (χ2v) is 5.20. The van der Waals surface area contributed by atoms with Gasteiger partial charge in [-0.1, -0.05) is 12.1 Å².